The van der Waals surface area contributed by atoms with Crippen LogP contribution in [0.4, 0.5) is 25.8 Å². The van der Waals surface area contributed by atoms with Gasteiger partial charge in [-0.05, 0) is 44.3 Å². The molecular weight excluding hydrogens is 336 g/mol. The van der Waals surface area contributed by atoms with Crippen LogP contribution in [0.1, 0.15) is 6.42 Å². The monoisotopic (exact) mass is 353 g/mol. The molecule has 3 rings (SSSR count). The number of nitrogens with zero attached hydrogens (tertiary/aromatic N) is 2. The first kappa shape index (κ1) is 16.7. The second-order valence-corrected chi connectivity index (χ2v) is 7.09. The van der Waals surface area contributed by atoms with Crippen molar-refractivity contribution < 1.29 is 17.2 Å². The first-order valence-corrected chi connectivity index (χ1v) is 8.88. The summed E-state index contributed by atoms with van der Waals surface area (Å²) in [6.45, 7) is 0.915. The largest absolute Gasteiger partial charge is 0.331 e. The zero-order chi connectivity index (χ0) is 17.3. The van der Waals surface area contributed by atoms with Gasteiger partial charge < -0.3 is 5.32 Å². The predicted molar refractivity (Wildman–Crippen MR) is 89.7 cm³/mol. The summed E-state index contributed by atoms with van der Waals surface area (Å²) >= 11 is 0. The average Bonchev–Trinajstić information content (AvgIpc) is 2.76. The van der Waals surface area contributed by atoms with Crippen molar-refractivity contribution in [1.29, 1.82) is 0 Å². The van der Waals surface area contributed by atoms with Crippen LogP contribution in [0.3, 0.4) is 0 Å². The minimum absolute atomic E-state index is 0.194. The van der Waals surface area contributed by atoms with Crippen molar-refractivity contribution in [3.63, 3.8) is 0 Å². The molecule has 2 aromatic rings. The Hall–Kier alpha value is -2.19. The van der Waals surface area contributed by atoms with Crippen molar-refractivity contribution in [3.05, 3.63) is 54.1 Å². The molecule has 1 aliphatic heterocycles. The summed E-state index contributed by atoms with van der Waals surface area (Å²) in [5, 5.41) is 2.96. The number of benzene rings is 2. The maximum Gasteiger partial charge on any atom is 0.331 e. The van der Waals surface area contributed by atoms with E-state index in [1.54, 1.807) is 31.3 Å². The highest BCUT2D eigenvalue weighted by molar-refractivity contribution is 7.95. The fraction of sp³-hybridized carbons (Fsp3) is 0.250. The van der Waals surface area contributed by atoms with Crippen LogP contribution in [-0.2, 0) is 10.2 Å². The van der Waals surface area contributed by atoms with E-state index in [0.29, 0.717) is 30.4 Å². The Balaban J connectivity index is 2.10. The van der Waals surface area contributed by atoms with Crippen LogP contribution < -0.4 is 13.9 Å². The van der Waals surface area contributed by atoms with Crippen LogP contribution in [0.15, 0.2) is 42.5 Å². The van der Waals surface area contributed by atoms with Gasteiger partial charge in [-0.15, -0.1) is 0 Å². The third-order valence-corrected chi connectivity index (χ3v) is 5.59. The zero-order valence-electron chi connectivity index (χ0n) is 13.0. The molecule has 24 heavy (non-hydrogen) atoms. The van der Waals surface area contributed by atoms with Crippen LogP contribution in [0, 0.1) is 11.6 Å². The molecule has 1 N–H and O–H groups in total. The highest BCUT2D eigenvalue weighted by atomic mass is 32.2. The Morgan fingerprint density at radius 3 is 2.42 bits per heavy atom. The molecule has 0 radical (unpaired) electrons. The van der Waals surface area contributed by atoms with E-state index >= 15 is 0 Å². The van der Waals surface area contributed by atoms with E-state index in [4.69, 9.17) is 0 Å². The van der Waals surface area contributed by atoms with Crippen molar-refractivity contribution in [2.75, 3.05) is 28.7 Å². The molecule has 0 amide bonds. The number of fused-ring (bicyclic) bond motifs is 1. The van der Waals surface area contributed by atoms with Gasteiger partial charge in [-0.25, -0.2) is 13.1 Å². The first-order chi connectivity index (χ1) is 11.5. The quantitative estimate of drug-likeness (QED) is 0.841. The minimum Gasteiger partial charge on any atom is -0.320 e. The molecule has 0 aliphatic carbocycles. The lowest BCUT2D eigenvalue weighted by Gasteiger charge is -2.22. The Morgan fingerprint density at radius 1 is 1.04 bits per heavy atom. The Kier molecular flexibility index (Phi) is 4.42. The topological polar surface area (TPSA) is 52.6 Å². The standard InChI is InChI=1S/C16H17F2N3O2S/c1-19-9-4-10-20-15-5-2-3-6-16(15)21(24(20,22)23)14-8-7-12(17)11-13(14)18/h2-3,5-8,11,19H,4,9-10H2,1H3. The van der Waals surface area contributed by atoms with Gasteiger partial charge in [0.2, 0.25) is 0 Å². The SMILES string of the molecule is CNCCCN1c2ccccc2N(c2ccc(F)cc2F)S1(=O)=O. The van der Waals surface area contributed by atoms with Crippen LogP contribution in [0.2, 0.25) is 0 Å². The first-order valence-electron chi connectivity index (χ1n) is 7.48. The zero-order valence-corrected chi connectivity index (χ0v) is 13.9. The number of hydrogen-bond donors (Lipinski definition) is 1. The number of hydrogen-bond acceptors (Lipinski definition) is 3. The van der Waals surface area contributed by atoms with Gasteiger partial charge in [0.25, 0.3) is 0 Å². The lowest BCUT2D eigenvalue weighted by atomic mass is 10.2. The van der Waals surface area contributed by atoms with E-state index in [0.717, 1.165) is 16.4 Å². The normalized spacial score (nSPS) is 15.6. The molecule has 0 unspecified atom stereocenters. The smallest absolute Gasteiger partial charge is 0.320 e. The number of nitrogens with one attached hydrogen (secondary N) is 1. The molecule has 1 heterocycles. The summed E-state index contributed by atoms with van der Waals surface area (Å²) in [6, 6.07) is 9.54. The van der Waals surface area contributed by atoms with Gasteiger partial charge in [0.05, 0.1) is 17.1 Å². The van der Waals surface area contributed by atoms with E-state index in [9.17, 15) is 17.2 Å². The van der Waals surface area contributed by atoms with Crippen molar-refractivity contribution in [2.24, 2.45) is 0 Å². The number of rotatable bonds is 5. The maximum absolute atomic E-state index is 14.2. The van der Waals surface area contributed by atoms with Gasteiger partial charge >= 0.3 is 10.2 Å². The molecule has 1 aliphatic rings. The summed E-state index contributed by atoms with van der Waals surface area (Å²) in [7, 11) is -2.20. The Bertz CT molecular complexity index is 858. The average molecular weight is 353 g/mol. The van der Waals surface area contributed by atoms with E-state index in [2.05, 4.69) is 5.32 Å². The lowest BCUT2D eigenvalue weighted by Crippen LogP contribution is -2.37. The lowest BCUT2D eigenvalue weighted by molar-refractivity contribution is 0.577. The number of para-hydroxylation sites is 2. The molecule has 0 saturated carbocycles. The number of halogens is 2. The summed E-state index contributed by atoms with van der Waals surface area (Å²) in [5.41, 5.74) is 0.643. The van der Waals surface area contributed by atoms with E-state index in [-0.39, 0.29) is 12.2 Å². The Morgan fingerprint density at radius 2 is 1.75 bits per heavy atom. The highest BCUT2D eigenvalue weighted by Gasteiger charge is 2.41. The molecular formula is C16H17F2N3O2S. The van der Waals surface area contributed by atoms with Crippen LogP contribution in [-0.4, -0.2) is 28.6 Å². The Labute approximate surface area is 139 Å². The molecule has 0 spiro atoms. The minimum atomic E-state index is -3.98. The fourth-order valence-corrected chi connectivity index (χ4v) is 4.49. The third-order valence-electron chi connectivity index (χ3n) is 3.79. The van der Waals surface area contributed by atoms with E-state index in [1.165, 1.54) is 4.31 Å². The van der Waals surface area contributed by atoms with Crippen molar-refractivity contribution >= 4 is 27.3 Å². The molecule has 5 nitrogen and oxygen atoms in total. The molecule has 0 atom stereocenters. The van der Waals surface area contributed by atoms with Crippen LogP contribution in [0.5, 0.6) is 0 Å². The van der Waals surface area contributed by atoms with Crippen molar-refractivity contribution in [3.8, 4) is 0 Å². The van der Waals surface area contributed by atoms with Gasteiger partial charge in [0.1, 0.15) is 5.82 Å². The van der Waals surface area contributed by atoms with Crippen molar-refractivity contribution in [1.82, 2.24) is 5.32 Å². The molecule has 2 aromatic carbocycles. The van der Waals surface area contributed by atoms with Crippen molar-refractivity contribution in [2.45, 2.75) is 6.42 Å². The van der Waals surface area contributed by atoms with Gasteiger partial charge in [0.15, 0.2) is 5.82 Å². The van der Waals surface area contributed by atoms with Gasteiger partial charge in [-0.1, -0.05) is 12.1 Å². The summed E-state index contributed by atoms with van der Waals surface area (Å²) in [4.78, 5) is 0. The third kappa shape index (κ3) is 2.71. The second-order valence-electron chi connectivity index (χ2n) is 5.39. The fourth-order valence-electron chi connectivity index (χ4n) is 2.73. The highest BCUT2D eigenvalue weighted by Crippen LogP contribution is 2.45. The summed E-state index contributed by atoms with van der Waals surface area (Å²) in [6.07, 6.45) is 0.601. The van der Waals surface area contributed by atoms with Crippen LogP contribution >= 0.6 is 0 Å². The number of anilines is 3. The summed E-state index contributed by atoms with van der Waals surface area (Å²) in [5.74, 6) is -1.68. The maximum atomic E-state index is 14.2. The predicted octanol–water partition coefficient (Wildman–Crippen LogP) is 2.78. The molecule has 8 heteroatoms. The van der Waals surface area contributed by atoms with Gasteiger partial charge in [0, 0.05) is 12.6 Å². The molecule has 128 valence electrons. The van der Waals surface area contributed by atoms with Gasteiger partial charge in [-0.2, -0.15) is 8.42 Å². The van der Waals surface area contributed by atoms with E-state index in [1.807, 2.05) is 0 Å². The summed E-state index contributed by atoms with van der Waals surface area (Å²) < 4.78 is 55.5. The van der Waals surface area contributed by atoms with Crippen LogP contribution in [0.25, 0.3) is 0 Å². The molecule has 0 aromatic heterocycles. The molecule has 0 bridgehead atoms. The van der Waals surface area contributed by atoms with Gasteiger partial charge in [-0.3, -0.25) is 4.31 Å². The second kappa shape index (κ2) is 6.37. The molecule has 0 saturated heterocycles. The molecule has 0 fully saturated rings. The van der Waals surface area contributed by atoms with E-state index < -0.39 is 21.8 Å².